The minimum absolute atomic E-state index is 0.150. The summed E-state index contributed by atoms with van der Waals surface area (Å²) in [7, 11) is 0. The summed E-state index contributed by atoms with van der Waals surface area (Å²) in [6.45, 7) is 0.503. The Morgan fingerprint density at radius 2 is 1.49 bits per heavy atom. The SMILES string of the molecule is NC(=O)[C@@H]1CCCN1C(=O)[C@H](Cc1cnc[nH]1)NC(c1ccccc1)(c1ccccc1)c1ccccc1. The van der Waals surface area contributed by atoms with Crippen molar-refractivity contribution < 1.29 is 9.59 Å². The van der Waals surface area contributed by atoms with Crippen LogP contribution in [0.15, 0.2) is 104 Å². The van der Waals surface area contributed by atoms with Crippen molar-refractivity contribution in [1.29, 1.82) is 0 Å². The van der Waals surface area contributed by atoms with Gasteiger partial charge in [0.15, 0.2) is 0 Å². The number of H-pyrrole nitrogens is 1. The van der Waals surface area contributed by atoms with Crippen LogP contribution in [0.2, 0.25) is 0 Å². The molecular formula is C30H31N5O2. The van der Waals surface area contributed by atoms with Gasteiger partial charge in [-0.3, -0.25) is 14.9 Å². The third-order valence-corrected chi connectivity index (χ3v) is 7.15. The van der Waals surface area contributed by atoms with Crippen LogP contribution in [-0.2, 0) is 21.5 Å². The lowest BCUT2D eigenvalue weighted by atomic mass is 9.76. The number of imidazole rings is 1. The lowest BCUT2D eigenvalue weighted by molar-refractivity contribution is -0.139. The quantitative estimate of drug-likeness (QED) is 0.311. The molecule has 0 aliphatic carbocycles. The summed E-state index contributed by atoms with van der Waals surface area (Å²) >= 11 is 0. The van der Waals surface area contributed by atoms with Gasteiger partial charge in [-0.15, -0.1) is 0 Å². The molecule has 2 amide bonds. The van der Waals surface area contributed by atoms with Crippen molar-refractivity contribution >= 4 is 11.8 Å². The number of hydrogen-bond acceptors (Lipinski definition) is 4. The minimum atomic E-state index is -0.841. The van der Waals surface area contributed by atoms with Crippen molar-refractivity contribution in [2.45, 2.75) is 36.9 Å². The average molecular weight is 494 g/mol. The zero-order valence-corrected chi connectivity index (χ0v) is 20.6. The first kappa shape index (κ1) is 24.5. The molecule has 1 aliphatic rings. The molecule has 2 atom stereocenters. The van der Waals surface area contributed by atoms with Gasteiger partial charge in [-0.05, 0) is 29.5 Å². The Labute approximate surface area is 216 Å². The number of nitrogens with zero attached hydrogens (tertiary/aromatic N) is 2. The molecule has 7 nitrogen and oxygen atoms in total. The van der Waals surface area contributed by atoms with Crippen LogP contribution in [0.3, 0.4) is 0 Å². The number of nitrogens with one attached hydrogen (secondary N) is 2. The summed E-state index contributed by atoms with van der Waals surface area (Å²) in [5, 5.41) is 3.80. The van der Waals surface area contributed by atoms with E-state index in [1.165, 1.54) is 0 Å². The molecule has 3 aromatic carbocycles. The Balaban J connectivity index is 1.67. The topological polar surface area (TPSA) is 104 Å². The van der Waals surface area contributed by atoms with Crippen LogP contribution in [0.1, 0.15) is 35.2 Å². The van der Waals surface area contributed by atoms with Crippen molar-refractivity contribution in [3.63, 3.8) is 0 Å². The Morgan fingerprint density at radius 1 is 0.946 bits per heavy atom. The van der Waals surface area contributed by atoms with Crippen molar-refractivity contribution in [3.8, 4) is 0 Å². The molecule has 7 heteroatoms. The number of rotatable bonds is 9. The van der Waals surface area contributed by atoms with Crippen LogP contribution < -0.4 is 11.1 Å². The molecule has 0 bridgehead atoms. The largest absolute Gasteiger partial charge is 0.368 e. The molecule has 4 aromatic rings. The number of nitrogens with two attached hydrogens (primary N) is 1. The zero-order valence-electron chi connectivity index (χ0n) is 20.6. The molecule has 1 fully saturated rings. The van der Waals surface area contributed by atoms with Crippen molar-refractivity contribution in [3.05, 3.63) is 126 Å². The molecule has 37 heavy (non-hydrogen) atoms. The van der Waals surface area contributed by atoms with Gasteiger partial charge in [0.05, 0.1) is 17.9 Å². The molecule has 2 heterocycles. The van der Waals surface area contributed by atoms with E-state index in [0.717, 1.165) is 28.8 Å². The van der Waals surface area contributed by atoms with Crippen molar-refractivity contribution in [2.75, 3.05) is 6.54 Å². The van der Waals surface area contributed by atoms with Crippen LogP contribution in [-0.4, -0.2) is 45.3 Å². The van der Waals surface area contributed by atoms with Crippen LogP contribution in [0, 0.1) is 0 Å². The fourth-order valence-electron chi connectivity index (χ4n) is 5.42. The number of aromatic nitrogens is 2. The highest BCUT2D eigenvalue weighted by Gasteiger charge is 2.43. The van der Waals surface area contributed by atoms with Gasteiger partial charge >= 0.3 is 0 Å². The van der Waals surface area contributed by atoms with Crippen molar-refractivity contribution in [2.24, 2.45) is 5.73 Å². The first-order chi connectivity index (χ1) is 18.1. The van der Waals surface area contributed by atoms with E-state index in [0.29, 0.717) is 19.4 Å². The van der Waals surface area contributed by atoms with Crippen molar-refractivity contribution in [1.82, 2.24) is 20.2 Å². The number of carbonyl (C=O) groups is 2. The standard InChI is InChI=1S/C30H31N5O2/c31-28(36)27-17-10-18-35(27)29(37)26(19-25-20-32-21-33-25)34-30(22-11-4-1-5-12-22,23-13-6-2-7-14-23)24-15-8-3-9-16-24/h1-9,11-16,20-21,26-27,34H,10,17-19H2,(H2,31,36)(H,32,33)/t26-,27-/m0/s1. The second-order valence-electron chi connectivity index (χ2n) is 9.42. The molecule has 0 saturated carbocycles. The van der Waals surface area contributed by atoms with E-state index in [-0.39, 0.29) is 5.91 Å². The molecule has 0 radical (unpaired) electrons. The fourth-order valence-corrected chi connectivity index (χ4v) is 5.42. The van der Waals surface area contributed by atoms with E-state index in [1.807, 2.05) is 54.6 Å². The number of hydrogen-bond donors (Lipinski definition) is 3. The number of carbonyl (C=O) groups excluding carboxylic acids is 2. The van der Waals surface area contributed by atoms with E-state index in [1.54, 1.807) is 17.4 Å². The van der Waals surface area contributed by atoms with Gasteiger partial charge in [-0.25, -0.2) is 4.98 Å². The van der Waals surface area contributed by atoms with Gasteiger partial charge in [-0.1, -0.05) is 91.0 Å². The summed E-state index contributed by atoms with van der Waals surface area (Å²) in [5.74, 6) is -0.616. The van der Waals surface area contributed by atoms with Crippen LogP contribution >= 0.6 is 0 Å². The van der Waals surface area contributed by atoms with Crippen LogP contribution in [0.4, 0.5) is 0 Å². The van der Waals surface area contributed by atoms with Gasteiger partial charge in [0, 0.05) is 24.9 Å². The number of aromatic amines is 1. The van der Waals surface area contributed by atoms with E-state index < -0.39 is 23.5 Å². The van der Waals surface area contributed by atoms with Crippen LogP contribution in [0.25, 0.3) is 0 Å². The second kappa shape index (κ2) is 10.8. The summed E-state index contributed by atoms with van der Waals surface area (Å²) in [6.07, 6.45) is 5.04. The highest BCUT2D eigenvalue weighted by Crippen LogP contribution is 2.38. The molecule has 0 unspecified atom stereocenters. The van der Waals surface area contributed by atoms with E-state index >= 15 is 0 Å². The molecule has 1 saturated heterocycles. The Morgan fingerprint density at radius 3 is 1.95 bits per heavy atom. The predicted molar refractivity (Wildman–Crippen MR) is 142 cm³/mol. The molecule has 0 spiro atoms. The molecule has 4 N–H and O–H groups in total. The van der Waals surface area contributed by atoms with Gasteiger partial charge in [0.25, 0.3) is 0 Å². The maximum Gasteiger partial charge on any atom is 0.240 e. The maximum absolute atomic E-state index is 14.2. The van der Waals surface area contributed by atoms with E-state index in [4.69, 9.17) is 5.73 Å². The second-order valence-corrected chi connectivity index (χ2v) is 9.42. The first-order valence-electron chi connectivity index (χ1n) is 12.6. The van der Waals surface area contributed by atoms with E-state index in [2.05, 4.69) is 51.7 Å². The lowest BCUT2D eigenvalue weighted by Crippen LogP contribution is -2.58. The third kappa shape index (κ3) is 4.90. The molecule has 188 valence electrons. The highest BCUT2D eigenvalue weighted by molar-refractivity contribution is 5.90. The summed E-state index contributed by atoms with van der Waals surface area (Å²) < 4.78 is 0. The zero-order chi connectivity index (χ0) is 25.7. The summed E-state index contributed by atoms with van der Waals surface area (Å²) in [4.78, 5) is 35.3. The highest BCUT2D eigenvalue weighted by atomic mass is 16.2. The average Bonchev–Trinajstić information content (AvgIpc) is 3.65. The summed E-state index contributed by atoms with van der Waals surface area (Å²) in [5.41, 5.74) is 8.68. The predicted octanol–water partition coefficient (Wildman–Crippen LogP) is 3.38. The Hall–Kier alpha value is -4.23. The van der Waals surface area contributed by atoms with Crippen LogP contribution in [0.5, 0.6) is 0 Å². The molecule has 1 aromatic heterocycles. The van der Waals surface area contributed by atoms with E-state index in [9.17, 15) is 9.59 Å². The Bertz CT molecular complexity index is 1210. The molecular weight excluding hydrogens is 462 g/mol. The molecule has 5 rings (SSSR count). The number of benzene rings is 3. The summed E-state index contributed by atoms with van der Waals surface area (Å²) in [6, 6.07) is 29.2. The van der Waals surface area contributed by atoms with Gasteiger partial charge in [-0.2, -0.15) is 0 Å². The first-order valence-corrected chi connectivity index (χ1v) is 12.6. The van der Waals surface area contributed by atoms with Gasteiger partial charge in [0.2, 0.25) is 11.8 Å². The maximum atomic E-state index is 14.2. The number of likely N-dealkylation sites (tertiary alicyclic amines) is 1. The smallest absolute Gasteiger partial charge is 0.240 e. The minimum Gasteiger partial charge on any atom is -0.368 e. The molecule has 1 aliphatic heterocycles. The van der Waals surface area contributed by atoms with Gasteiger partial charge < -0.3 is 15.6 Å². The normalized spacial score (nSPS) is 16.4. The fraction of sp³-hybridized carbons (Fsp3) is 0.233. The Kier molecular flexibility index (Phi) is 7.14. The van der Waals surface area contributed by atoms with Gasteiger partial charge in [0.1, 0.15) is 6.04 Å². The third-order valence-electron chi connectivity index (χ3n) is 7.15. The number of primary amides is 1. The monoisotopic (exact) mass is 493 g/mol. The number of amides is 2. The lowest BCUT2D eigenvalue weighted by Gasteiger charge is -2.41.